The molecule has 1 N–H and O–H groups in total. The molecule has 1 aliphatic carbocycles. The summed E-state index contributed by atoms with van der Waals surface area (Å²) in [6.45, 7) is 7.17. The van der Waals surface area contributed by atoms with Gasteiger partial charge in [-0.25, -0.2) is 9.97 Å². The van der Waals surface area contributed by atoms with Crippen molar-refractivity contribution >= 4 is 5.91 Å². The third-order valence-corrected chi connectivity index (χ3v) is 7.88. The van der Waals surface area contributed by atoms with Crippen molar-refractivity contribution in [2.75, 3.05) is 26.2 Å². The molecule has 0 radical (unpaired) electrons. The van der Waals surface area contributed by atoms with E-state index in [1.807, 2.05) is 26.0 Å². The Hall–Kier alpha value is -3.25. The smallest absolute Gasteiger partial charge is 0.256 e. The lowest BCUT2D eigenvalue weighted by molar-refractivity contribution is 0.0771. The summed E-state index contributed by atoms with van der Waals surface area (Å²) in [7, 11) is 0. The fourth-order valence-electron chi connectivity index (χ4n) is 5.70. The van der Waals surface area contributed by atoms with Gasteiger partial charge in [-0.3, -0.25) is 9.69 Å². The van der Waals surface area contributed by atoms with Crippen molar-refractivity contribution in [1.29, 1.82) is 0 Å². The van der Waals surface area contributed by atoms with E-state index in [0.717, 1.165) is 37.3 Å². The molecule has 1 saturated heterocycles. The molecule has 1 saturated carbocycles. The van der Waals surface area contributed by atoms with Crippen LogP contribution in [0.15, 0.2) is 67.0 Å². The zero-order chi connectivity index (χ0) is 24.4. The van der Waals surface area contributed by atoms with E-state index in [0.29, 0.717) is 30.6 Å². The van der Waals surface area contributed by atoms with E-state index in [-0.39, 0.29) is 17.1 Å². The molecule has 6 nitrogen and oxygen atoms in total. The van der Waals surface area contributed by atoms with Crippen molar-refractivity contribution in [2.24, 2.45) is 0 Å². The molecule has 0 spiro atoms. The van der Waals surface area contributed by atoms with Crippen LogP contribution in [0.2, 0.25) is 0 Å². The predicted octanol–water partition coefficient (Wildman–Crippen LogP) is 4.60. The van der Waals surface area contributed by atoms with Crippen LogP contribution in [0, 0.1) is 0 Å². The van der Waals surface area contributed by atoms with Crippen molar-refractivity contribution in [2.45, 2.75) is 50.5 Å². The van der Waals surface area contributed by atoms with Crippen molar-refractivity contribution in [1.82, 2.24) is 19.8 Å². The van der Waals surface area contributed by atoms with Gasteiger partial charge in [-0.15, -0.1) is 0 Å². The molecular formula is C29H34N4O2. The summed E-state index contributed by atoms with van der Waals surface area (Å²) in [5.74, 6) is 1.56. The van der Waals surface area contributed by atoms with Crippen LogP contribution in [0.25, 0.3) is 0 Å². The summed E-state index contributed by atoms with van der Waals surface area (Å²) in [6.07, 6.45) is 6.30. The summed E-state index contributed by atoms with van der Waals surface area (Å²) < 4.78 is 0. The second kappa shape index (κ2) is 9.78. The van der Waals surface area contributed by atoms with Gasteiger partial charge in [0.1, 0.15) is 11.6 Å². The molecule has 182 valence electrons. The summed E-state index contributed by atoms with van der Waals surface area (Å²) in [5.41, 5.74) is 2.60. The van der Waals surface area contributed by atoms with Gasteiger partial charge < -0.3 is 10.0 Å². The Morgan fingerprint density at radius 1 is 1.03 bits per heavy atom. The monoisotopic (exact) mass is 470 g/mol. The lowest BCUT2D eigenvalue weighted by Crippen LogP contribution is -2.45. The van der Waals surface area contributed by atoms with Crippen molar-refractivity contribution in [3.8, 4) is 5.75 Å². The zero-order valence-corrected chi connectivity index (χ0v) is 20.6. The maximum absolute atomic E-state index is 12.8. The Balaban J connectivity index is 1.39. The van der Waals surface area contributed by atoms with E-state index in [2.05, 4.69) is 41.3 Å². The van der Waals surface area contributed by atoms with Crippen LogP contribution in [0.1, 0.15) is 66.3 Å². The van der Waals surface area contributed by atoms with Crippen molar-refractivity contribution < 1.29 is 9.90 Å². The molecule has 1 aromatic heterocycles. The number of aromatic nitrogens is 2. The number of hydrogen-bond acceptors (Lipinski definition) is 5. The van der Waals surface area contributed by atoms with Crippen LogP contribution in [0.4, 0.5) is 0 Å². The quantitative estimate of drug-likeness (QED) is 0.546. The molecule has 3 aromatic rings. The van der Waals surface area contributed by atoms with Crippen LogP contribution >= 0.6 is 0 Å². The number of carbonyl (C=O) groups is 1. The number of phenols is 1. The van der Waals surface area contributed by atoms with Gasteiger partial charge in [-0.2, -0.15) is 0 Å². The Kier molecular flexibility index (Phi) is 6.56. The number of likely N-dealkylation sites (tertiary alicyclic amines) is 1. The van der Waals surface area contributed by atoms with Crippen LogP contribution < -0.4 is 0 Å². The fourth-order valence-corrected chi connectivity index (χ4v) is 5.70. The lowest BCUT2D eigenvalue weighted by Gasteiger charge is -2.41. The Labute approximate surface area is 207 Å². The number of rotatable bonds is 7. The van der Waals surface area contributed by atoms with Crippen molar-refractivity contribution in [3.05, 3.63) is 89.5 Å². The second-order valence-electron chi connectivity index (χ2n) is 9.76. The highest BCUT2D eigenvalue weighted by Crippen LogP contribution is 2.48. The van der Waals surface area contributed by atoms with Crippen LogP contribution in [-0.2, 0) is 5.41 Å². The van der Waals surface area contributed by atoms with E-state index >= 15 is 0 Å². The first-order valence-electron chi connectivity index (χ1n) is 12.8. The summed E-state index contributed by atoms with van der Waals surface area (Å²) in [4.78, 5) is 26.6. The van der Waals surface area contributed by atoms with E-state index in [4.69, 9.17) is 9.97 Å². The molecule has 2 atom stereocenters. The van der Waals surface area contributed by atoms with Crippen LogP contribution in [-0.4, -0.2) is 63.0 Å². The van der Waals surface area contributed by atoms with Gasteiger partial charge in [0, 0.05) is 37.4 Å². The van der Waals surface area contributed by atoms with Gasteiger partial charge in [0.05, 0.1) is 11.0 Å². The number of amides is 1. The van der Waals surface area contributed by atoms with E-state index < -0.39 is 0 Å². The first-order valence-corrected chi connectivity index (χ1v) is 12.8. The minimum absolute atomic E-state index is 0.0385. The number of phenolic OH excluding ortho intramolecular Hbond substituents is 1. The van der Waals surface area contributed by atoms with E-state index in [1.54, 1.807) is 23.4 Å². The highest BCUT2D eigenvalue weighted by atomic mass is 16.3. The maximum Gasteiger partial charge on any atom is 0.256 e. The normalized spacial score (nSPS) is 21.4. The third-order valence-electron chi connectivity index (χ3n) is 7.88. The van der Waals surface area contributed by atoms with E-state index in [1.165, 1.54) is 12.0 Å². The second-order valence-corrected chi connectivity index (χ2v) is 9.76. The molecule has 5 rings (SSSR count). The number of benzene rings is 2. The molecule has 6 heteroatoms. The van der Waals surface area contributed by atoms with Gasteiger partial charge in [-0.1, -0.05) is 42.5 Å². The molecule has 2 unspecified atom stereocenters. The van der Waals surface area contributed by atoms with E-state index in [9.17, 15) is 9.90 Å². The summed E-state index contributed by atoms with van der Waals surface area (Å²) in [6, 6.07) is 18.9. The zero-order valence-electron chi connectivity index (χ0n) is 20.6. The molecular weight excluding hydrogens is 436 g/mol. The van der Waals surface area contributed by atoms with Gasteiger partial charge in [0.25, 0.3) is 5.91 Å². The number of nitrogens with zero attached hydrogens (tertiary/aromatic N) is 4. The predicted molar refractivity (Wildman–Crippen MR) is 137 cm³/mol. The van der Waals surface area contributed by atoms with Crippen LogP contribution in [0.5, 0.6) is 5.75 Å². The standard InChI is InChI=1S/C29H34N4O2/c1-3-32(4-2)27(35)22-19-30-28(31-20-22)29(23-11-8-12-24(34)17-23)13-15-33(16-14-29)26-18-25(26)21-9-6-5-7-10-21/h5-12,17,19-20,25-26,34H,3-4,13-16,18H2,1-2H3. The van der Waals surface area contributed by atoms with Gasteiger partial charge in [-0.05, 0) is 69.5 Å². The fraction of sp³-hybridized carbons (Fsp3) is 0.414. The number of carbonyl (C=O) groups excluding carboxylic acids is 1. The largest absolute Gasteiger partial charge is 0.508 e. The maximum atomic E-state index is 12.8. The highest BCUT2D eigenvalue weighted by molar-refractivity contribution is 5.93. The van der Waals surface area contributed by atoms with Gasteiger partial charge in [0.15, 0.2) is 0 Å². The molecule has 2 fully saturated rings. The van der Waals surface area contributed by atoms with Crippen molar-refractivity contribution in [3.63, 3.8) is 0 Å². The molecule has 2 aromatic carbocycles. The first-order chi connectivity index (χ1) is 17.1. The topological polar surface area (TPSA) is 69.6 Å². The molecule has 2 aliphatic rings. The minimum Gasteiger partial charge on any atom is -0.508 e. The molecule has 0 bridgehead atoms. The SMILES string of the molecule is CCN(CC)C(=O)c1cnc(C2(c3cccc(O)c3)CCN(C3CC3c3ccccc3)CC2)nc1. The Morgan fingerprint density at radius 2 is 1.71 bits per heavy atom. The lowest BCUT2D eigenvalue weighted by atomic mass is 9.71. The highest BCUT2D eigenvalue weighted by Gasteiger charge is 2.47. The molecule has 2 heterocycles. The number of hydrogen-bond donors (Lipinski definition) is 1. The Morgan fingerprint density at radius 3 is 2.34 bits per heavy atom. The minimum atomic E-state index is -0.386. The molecule has 1 aliphatic heterocycles. The molecule has 1 amide bonds. The average molecular weight is 471 g/mol. The first kappa shape index (κ1) is 23.5. The molecule has 35 heavy (non-hydrogen) atoms. The van der Waals surface area contributed by atoms with Gasteiger partial charge in [0.2, 0.25) is 0 Å². The third kappa shape index (κ3) is 4.55. The van der Waals surface area contributed by atoms with Gasteiger partial charge >= 0.3 is 0 Å². The summed E-state index contributed by atoms with van der Waals surface area (Å²) >= 11 is 0. The average Bonchev–Trinajstić information content (AvgIpc) is 3.71. The Bertz CT molecular complexity index is 1150. The van der Waals surface area contributed by atoms with Crippen LogP contribution in [0.3, 0.4) is 0 Å². The number of aromatic hydroxyl groups is 1. The number of piperidine rings is 1. The summed E-state index contributed by atoms with van der Waals surface area (Å²) in [5, 5.41) is 10.2.